The molecule has 0 unspecified atom stereocenters. The van der Waals surface area contributed by atoms with Gasteiger partial charge in [-0.3, -0.25) is 0 Å². The molecule has 0 amide bonds. The fourth-order valence-electron chi connectivity index (χ4n) is 8.56. The van der Waals surface area contributed by atoms with Gasteiger partial charge in [-0.2, -0.15) is 0 Å². The molecule has 1 heterocycles. The minimum absolute atomic E-state index is 0.870. The van der Waals surface area contributed by atoms with Crippen LogP contribution in [0.5, 0.6) is 0 Å². The quantitative estimate of drug-likeness (QED) is 0.153. The maximum Gasteiger partial charge on any atom is 0.0803 e. The largest absolute Gasteiger partial charge is 0.311 e. The van der Waals surface area contributed by atoms with Gasteiger partial charge in [0.2, 0.25) is 0 Å². The average Bonchev–Trinajstić information content (AvgIpc) is 3.34. The first-order chi connectivity index (χ1) is 30.7. The van der Waals surface area contributed by atoms with Crippen molar-refractivity contribution < 1.29 is 0 Å². The Morgan fingerprint density at radius 1 is 0.242 bits per heavy atom. The van der Waals surface area contributed by atoms with Crippen molar-refractivity contribution in [3.8, 4) is 0 Å². The van der Waals surface area contributed by atoms with Crippen LogP contribution in [0.1, 0.15) is 22.3 Å². The molecule has 10 aromatic carbocycles. The van der Waals surface area contributed by atoms with E-state index in [1.165, 1.54) is 0 Å². The van der Waals surface area contributed by atoms with Gasteiger partial charge in [0.05, 0.1) is 22.8 Å². The molecule has 0 radical (unpaired) electrons. The van der Waals surface area contributed by atoms with Crippen molar-refractivity contribution in [2.24, 2.45) is 9.98 Å². The van der Waals surface area contributed by atoms with Crippen molar-refractivity contribution in [1.29, 1.82) is 0 Å². The smallest absolute Gasteiger partial charge is 0.0803 e. The highest BCUT2D eigenvalue weighted by molar-refractivity contribution is 6.24. The molecule has 0 saturated heterocycles. The minimum Gasteiger partial charge on any atom is -0.311 e. The number of hydrogen-bond acceptors (Lipinski definition) is 4. The Bertz CT molecular complexity index is 2950. The molecule has 0 saturated carbocycles. The number of aliphatic imine (C=N–C) groups is 2. The third-order valence-electron chi connectivity index (χ3n) is 11.6. The van der Waals surface area contributed by atoms with Crippen LogP contribution in [0.15, 0.2) is 253 Å². The lowest BCUT2D eigenvalue weighted by Gasteiger charge is -2.26. The zero-order valence-corrected chi connectivity index (χ0v) is 33.9. The highest BCUT2D eigenvalue weighted by Gasteiger charge is 2.23. The number of hydrogen-bond donors (Lipinski definition) is 0. The number of rotatable bonds is 8. The predicted octanol–water partition coefficient (Wildman–Crippen LogP) is 15.6. The molecule has 4 heteroatoms. The van der Waals surface area contributed by atoms with Gasteiger partial charge >= 0.3 is 0 Å². The first-order valence-electron chi connectivity index (χ1n) is 21.0. The van der Waals surface area contributed by atoms with Gasteiger partial charge < -0.3 is 9.80 Å². The summed E-state index contributed by atoms with van der Waals surface area (Å²) in [5.74, 6) is 0. The zero-order chi connectivity index (χ0) is 41.2. The van der Waals surface area contributed by atoms with Crippen molar-refractivity contribution in [3.05, 3.63) is 265 Å². The Hall–Kier alpha value is -8.34. The van der Waals surface area contributed by atoms with E-state index in [9.17, 15) is 0 Å². The van der Waals surface area contributed by atoms with Gasteiger partial charge in [-0.15, -0.1) is 0 Å². The van der Waals surface area contributed by atoms with E-state index >= 15 is 0 Å². The maximum atomic E-state index is 5.67. The molecule has 292 valence electrons. The standard InChI is InChI=1S/C58H40N4/c1-5-21-47(22-6-1)61(48-23-7-2-8-24-48)51-33-29-41(30-34-51)57-53-37-43-17-13-15-19-45(43)39-55(53)60-58(54-38-44-18-14-16-20-46(44)40-56(54)59-57)42-31-35-52(36-32-42)62(49-25-9-3-10-26-49)50-27-11-4-12-28-50/h1-40H. The Morgan fingerprint density at radius 2 is 0.500 bits per heavy atom. The van der Waals surface area contributed by atoms with Crippen LogP contribution in [0, 0.1) is 0 Å². The molecule has 4 nitrogen and oxygen atoms in total. The summed E-state index contributed by atoms with van der Waals surface area (Å²) in [4.78, 5) is 15.9. The van der Waals surface area contributed by atoms with Crippen LogP contribution in [0.25, 0.3) is 21.5 Å². The van der Waals surface area contributed by atoms with Gasteiger partial charge in [0.25, 0.3) is 0 Å². The van der Waals surface area contributed by atoms with Crippen LogP contribution in [0.4, 0.5) is 45.5 Å². The van der Waals surface area contributed by atoms with Gasteiger partial charge in [0.1, 0.15) is 0 Å². The number of fused-ring (bicyclic) bond motifs is 4. The molecule has 1 aliphatic heterocycles. The van der Waals surface area contributed by atoms with Crippen molar-refractivity contribution in [2.45, 2.75) is 0 Å². The molecule has 11 rings (SSSR count). The Kier molecular flexibility index (Phi) is 9.49. The first kappa shape index (κ1) is 36.7. The molecule has 0 atom stereocenters. The van der Waals surface area contributed by atoms with Crippen LogP contribution >= 0.6 is 0 Å². The van der Waals surface area contributed by atoms with Gasteiger partial charge in [-0.05, 0) is 119 Å². The van der Waals surface area contributed by atoms with E-state index < -0.39 is 0 Å². The lowest BCUT2D eigenvalue weighted by molar-refractivity contribution is 1.28. The zero-order valence-electron chi connectivity index (χ0n) is 33.9. The summed E-state index contributed by atoms with van der Waals surface area (Å²) >= 11 is 0. The first-order valence-corrected chi connectivity index (χ1v) is 21.0. The molecule has 0 N–H and O–H groups in total. The molecule has 62 heavy (non-hydrogen) atoms. The summed E-state index contributed by atoms with van der Waals surface area (Å²) in [7, 11) is 0. The SMILES string of the molecule is c1ccc(N(c2ccccc2)c2ccc(C3=Nc4cc5ccccc5cc4C(c4ccc(N(c5ccccc5)c5ccccc5)cc4)=Nc4cc5ccccc5cc43)cc2)cc1. The van der Waals surface area contributed by atoms with Crippen molar-refractivity contribution >= 4 is 78.5 Å². The van der Waals surface area contributed by atoms with E-state index in [-0.39, 0.29) is 0 Å². The summed E-state index contributed by atoms with van der Waals surface area (Å²) in [6, 6.07) is 85.6. The molecule has 0 aromatic heterocycles. The van der Waals surface area contributed by atoms with Crippen LogP contribution < -0.4 is 9.80 Å². The normalized spacial score (nSPS) is 12.1. The third-order valence-corrected chi connectivity index (χ3v) is 11.6. The molecular formula is C58H40N4. The predicted molar refractivity (Wildman–Crippen MR) is 261 cm³/mol. The topological polar surface area (TPSA) is 31.2 Å². The molecule has 0 bridgehead atoms. The summed E-state index contributed by atoms with van der Waals surface area (Å²) in [6.07, 6.45) is 0. The molecule has 10 aromatic rings. The van der Waals surface area contributed by atoms with Crippen molar-refractivity contribution in [3.63, 3.8) is 0 Å². The van der Waals surface area contributed by atoms with E-state index in [2.05, 4.69) is 252 Å². The van der Waals surface area contributed by atoms with Gasteiger partial charge in [-0.25, -0.2) is 9.98 Å². The summed E-state index contributed by atoms with van der Waals surface area (Å²) in [5, 5.41) is 4.53. The average molecular weight is 793 g/mol. The minimum atomic E-state index is 0.870. The number of benzene rings is 10. The Labute approximate surface area is 361 Å². The second kappa shape index (κ2) is 16.0. The summed E-state index contributed by atoms with van der Waals surface area (Å²) in [5.41, 5.74) is 14.0. The van der Waals surface area contributed by atoms with E-state index in [1.807, 2.05) is 0 Å². The maximum absolute atomic E-state index is 5.67. The van der Waals surface area contributed by atoms with Gasteiger partial charge in [-0.1, -0.05) is 146 Å². The second-order valence-corrected chi connectivity index (χ2v) is 15.5. The lowest BCUT2D eigenvalue weighted by Crippen LogP contribution is -2.12. The monoisotopic (exact) mass is 792 g/mol. The van der Waals surface area contributed by atoms with Crippen LogP contribution in [0.2, 0.25) is 0 Å². The van der Waals surface area contributed by atoms with E-state index in [0.29, 0.717) is 0 Å². The van der Waals surface area contributed by atoms with E-state index in [0.717, 1.165) is 101 Å². The van der Waals surface area contributed by atoms with Gasteiger partial charge in [0.15, 0.2) is 0 Å². The van der Waals surface area contributed by atoms with Crippen molar-refractivity contribution in [2.75, 3.05) is 9.80 Å². The number of anilines is 6. The third kappa shape index (κ3) is 7.00. The molecule has 1 aliphatic rings. The molecule has 0 fully saturated rings. The molecule has 0 spiro atoms. The van der Waals surface area contributed by atoms with E-state index in [4.69, 9.17) is 9.98 Å². The van der Waals surface area contributed by atoms with E-state index in [1.54, 1.807) is 0 Å². The fraction of sp³-hybridized carbons (Fsp3) is 0. The summed E-state index contributed by atoms with van der Waals surface area (Å²) < 4.78 is 0. The summed E-state index contributed by atoms with van der Waals surface area (Å²) in [6.45, 7) is 0. The molecule has 0 aliphatic carbocycles. The highest BCUT2D eigenvalue weighted by atomic mass is 15.1. The number of para-hydroxylation sites is 4. The second-order valence-electron chi connectivity index (χ2n) is 15.5. The van der Waals surface area contributed by atoms with Gasteiger partial charge in [0, 0.05) is 56.4 Å². The Balaban J connectivity index is 1.08. The number of nitrogens with zero attached hydrogens (tertiary/aromatic N) is 4. The fourth-order valence-corrected chi connectivity index (χ4v) is 8.56. The lowest BCUT2D eigenvalue weighted by atomic mass is 9.92. The Morgan fingerprint density at radius 3 is 0.806 bits per heavy atom. The van der Waals surface area contributed by atoms with Crippen molar-refractivity contribution in [1.82, 2.24) is 0 Å². The van der Waals surface area contributed by atoms with Crippen LogP contribution in [-0.4, -0.2) is 11.4 Å². The highest BCUT2D eigenvalue weighted by Crippen LogP contribution is 2.40. The molecular weight excluding hydrogens is 753 g/mol. The van der Waals surface area contributed by atoms with Crippen LogP contribution in [-0.2, 0) is 0 Å². The van der Waals surface area contributed by atoms with Crippen LogP contribution in [0.3, 0.4) is 0 Å².